The Morgan fingerprint density at radius 1 is 1.27 bits per heavy atom. The third-order valence-corrected chi connectivity index (χ3v) is 4.74. The van der Waals surface area contributed by atoms with E-state index in [9.17, 15) is 17.6 Å². The number of nitrogens with zero attached hydrogens (tertiary/aromatic N) is 1. The molecule has 6 nitrogen and oxygen atoms in total. The molecule has 1 fully saturated rings. The number of hydrogen-bond acceptors (Lipinski definition) is 5. The normalized spacial score (nSPS) is 21.5. The van der Waals surface area contributed by atoms with E-state index in [4.69, 9.17) is 8.92 Å². The fraction of sp³-hybridized carbons (Fsp3) is 0.611. The first kappa shape index (κ1) is 20.6. The number of rotatable bonds is 4. The molecular weight excluding hydrogens is 361 g/mol. The summed E-state index contributed by atoms with van der Waals surface area (Å²) in [6, 6.07) is 6.14. The van der Waals surface area contributed by atoms with Gasteiger partial charge in [-0.2, -0.15) is 8.42 Å². The molecule has 0 bridgehead atoms. The van der Waals surface area contributed by atoms with Gasteiger partial charge in [-0.25, -0.2) is 9.18 Å². The Balaban J connectivity index is 2.16. The van der Waals surface area contributed by atoms with E-state index in [0.29, 0.717) is 19.5 Å². The SMILES string of the molecule is CC(C)(C)OC(=O)N1CC[C@@H](c2ccc(F)cc2)[C@H](COS(C)(=O)=O)C1. The van der Waals surface area contributed by atoms with Crippen molar-refractivity contribution in [1.82, 2.24) is 4.90 Å². The number of likely N-dealkylation sites (tertiary alicyclic amines) is 1. The minimum atomic E-state index is -3.60. The van der Waals surface area contributed by atoms with Crippen molar-refractivity contribution in [3.05, 3.63) is 35.6 Å². The van der Waals surface area contributed by atoms with Crippen LogP contribution in [0.15, 0.2) is 24.3 Å². The van der Waals surface area contributed by atoms with Gasteiger partial charge in [0.1, 0.15) is 11.4 Å². The molecule has 1 aliphatic rings. The van der Waals surface area contributed by atoms with Crippen molar-refractivity contribution in [1.29, 1.82) is 0 Å². The van der Waals surface area contributed by atoms with Gasteiger partial charge in [-0.1, -0.05) is 12.1 Å². The number of piperidine rings is 1. The van der Waals surface area contributed by atoms with Gasteiger partial charge in [-0.3, -0.25) is 4.18 Å². The molecular formula is C18H26FNO5S. The molecule has 0 unspecified atom stereocenters. The van der Waals surface area contributed by atoms with Crippen molar-refractivity contribution >= 4 is 16.2 Å². The molecule has 8 heteroatoms. The van der Waals surface area contributed by atoms with Gasteiger partial charge in [0, 0.05) is 19.0 Å². The average molecular weight is 387 g/mol. The highest BCUT2D eigenvalue weighted by Crippen LogP contribution is 2.34. The molecule has 2 atom stereocenters. The summed E-state index contributed by atoms with van der Waals surface area (Å²) in [5, 5.41) is 0. The summed E-state index contributed by atoms with van der Waals surface area (Å²) in [4.78, 5) is 13.9. The highest BCUT2D eigenvalue weighted by Gasteiger charge is 2.35. The van der Waals surface area contributed by atoms with Gasteiger partial charge in [0.15, 0.2) is 0 Å². The molecule has 1 aliphatic heterocycles. The maximum Gasteiger partial charge on any atom is 0.410 e. The van der Waals surface area contributed by atoms with Crippen LogP contribution in [0, 0.1) is 11.7 Å². The zero-order valence-corrected chi connectivity index (χ0v) is 16.4. The predicted molar refractivity (Wildman–Crippen MR) is 95.9 cm³/mol. The first-order chi connectivity index (χ1) is 11.9. The van der Waals surface area contributed by atoms with Gasteiger partial charge in [-0.05, 0) is 50.8 Å². The van der Waals surface area contributed by atoms with Crippen LogP contribution in [0.4, 0.5) is 9.18 Å². The Morgan fingerprint density at radius 3 is 2.42 bits per heavy atom. The first-order valence-electron chi connectivity index (χ1n) is 8.52. The molecule has 1 saturated heterocycles. The lowest BCUT2D eigenvalue weighted by molar-refractivity contribution is 0.0114. The zero-order chi connectivity index (χ0) is 19.5. The van der Waals surface area contributed by atoms with E-state index < -0.39 is 21.8 Å². The number of carbonyl (C=O) groups is 1. The van der Waals surface area contributed by atoms with Gasteiger partial charge in [0.25, 0.3) is 10.1 Å². The van der Waals surface area contributed by atoms with E-state index in [0.717, 1.165) is 11.8 Å². The van der Waals surface area contributed by atoms with E-state index in [2.05, 4.69) is 0 Å². The summed E-state index contributed by atoms with van der Waals surface area (Å²) < 4.78 is 46.4. The molecule has 2 rings (SSSR count). The van der Waals surface area contributed by atoms with Crippen LogP contribution >= 0.6 is 0 Å². The number of amides is 1. The lowest BCUT2D eigenvalue weighted by atomic mass is 9.81. The Bertz CT molecular complexity index is 727. The van der Waals surface area contributed by atoms with E-state index in [1.54, 1.807) is 37.8 Å². The summed E-state index contributed by atoms with van der Waals surface area (Å²) in [5.74, 6) is -0.601. The van der Waals surface area contributed by atoms with Crippen LogP contribution in [0.25, 0.3) is 0 Å². The molecule has 146 valence electrons. The summed E-state index contributed by atoms with van der Waals surface area (Å²) in [6.07, 6.45) is 1.18. The summed E-state index contributed by atoms with van der Waals surface area (Å²) in [5.41, 5.74) is 0.293. The van der Waals surface area contributed by atoms with Crippen molar-refractivity contribution in [2.45, 2.75) is 38.7 Å². The Morgan fingerprint density at radius 2 is 1.88 bits per heavy atom. The topological polar surface area (TPSA) is 72.9 Å². The molecule has 0 aliphatic carbocycles. The van der Waals surface area contributed by atoms with Crippen LogP contribution in [0.5, 0.6) is 0 Å². The smallest absolute Gasteiger partial charge is 0.410 e. The van der Waals surface area contributed by atoms with Crippen molar-refractivity contribution in [3.8, 4) is 0 Å². The monoisotopic (exact) mass is 387 g/mol. The zero-order valence-electron chi connectivity index (χ0n) is 15.6. The third kappa shape index (κ3) is 6.25. The summed E-state index contributed by atoms with van der Waals surface area (Å²) >= 11 is 0. The van der Waals surface area contributed by atoms with Gasteiger partial charge >= 0.3 is 6.09 Å². The maximum atomic E-state index is 13.2. The molecule has 1 amide bonds. The lowest BCUT2D eigenvalue weighted by Gasteiger charge is -2.39. The quantitative estimate of drug-likeness (QED) is 0.742. The molecule has 0 radical (unpaired) electrons. The fourth-order valence-corrected chi connectivity index (χ4v) is 3.48. The lowest BCUT2D eigenvalue weighted by Crippen LogP contribution is -2.46. The second-order valence-corrected chi connectivity index (χ2v) is 9.27. The van der Waals surface area contributed by atoms with E-state index in [1.165, 1.54) is 12.1 Å². The Kier molecular flexibility index (Phi) is 6.29. The first-order valence-corrected chi connectivity index (χ1v) is 10.3. The summed E-state index contributed by atoms with van der Waals surface area (Å²) in [7, 11) is -3.60. The van der Waals surface area contributed by atoms with E-state index in [1.807, 2.05) is 0 Å². The standard InChI is InChI=1S/C18H26FNO5S/c1-18(2,3)25-17(21)20-10-9-16(13-5-7-15(19)8-6-13)14(11-20)12-24-26(4,22)23/h5-8,14,16H,9-12H2,1-4H3/t14-,16-/m0/s1. The minimum absolute atomic E-state index is 0.0314. The van der Waals surface area contributed by atoms with Crippen molar-refractivity contribution in [3.63, 3.8) is 0 Å². The van der Waals surface area contributed by atoms with Crippen molar-refractivity contribution in [2.75, 3.05) is 26.0 Å². The van der Waals surface area contributed by atoms with E-state index in [-0.39, 0.29) is 24.3 Å². The van der Waals surface area contributed by atoms with Crippen LogP contribution in [0.3, 0.4) is 0 Å². The van der Waals surface area contributed by atoms with Crippen LogP contribution in [0.1, 0.15) is 38.7 Å². The number of benzene rings is 1. The van der Waals surface area contributed by atoms with Crippen LogP contribution in [-0.2, 0) is 19.0 Å². The highest BCUT2D eigenvalue weighted by molar-refractivity contribution is 7.85. The summed E-state index contributed by atoms with van der Waals surface area (Å²) in [6.45, 7) is 6.13. The molecule has 1 heterocycles. The molecule has 1 aromatic rings. The largest absolute Gasteiger partial charge is 0.444 e. The Hall–Kier alpha value is -1.67. The van der Waals surface area contributed by atoms with Crippen molar-refractivity contribution < 1.29 is 26.5 Å². The minimum Gasteiger partial charge on any atom is -0.444 e. The van der Waals surface area contributed by atoms with Gasteiger partial charge in [0.2, 0.25) is 0 Å². The van der Waals surface area contributed by atoms with Crippen molar-refractivity contribution in [2.24, 2.45) is 5.92 Å². The van der Waals surface area contributed by atoms with Crippen LogP contribution < -0.4 is 0 Å². The molecule has 1 aromatic carbocycles. The van der Waals surface area contributed by atoms with Crippen LogP contribution in [-0.4, -0.2) is 51.0 Å². The van der Waals surface area contributed by atoms with Crippen LogP contribution in [0.2, 0.25) is 0 Å². The fourth-order valence-electron chi connectivity index (χ4n) is 3.05. The predicted octanol–water partition coefficient (Wildman–Crippen LogP) is 3.14. The maximum absolute atomic E-state index is 13.2. The average Bonchev–Trinajstić information content (AvgIpc) is 2.51. The number of ether oxygens (including phenoxy) is 1. The molecule has 26 heavy (non-hydrogen) atoms. The van der Waals surface area contributed by atoms with Gasteiger partial charge < -0.3 is 9.64 Å². The molecule has 0 saturated carbocycles. The number of carbonyl (C=O) groups excluding carboxylic acids is 1. The van der Waals surface area contributed by atoms with E-state index >= 15 is 0 Å². The van der Waals surface area contributed by atoms with Gasteiger partial charge in [-0.15, -0.1) is 0 Å². The van der Waals surface area contributed by atoms with Gasteiger partial charge in [0.05, 0.1) is 12.9 Å². The highest BCUT2D eigenvalue weighted by atomic mass is 32.2. The number of hydrogen-bond donors (Lipinski definition) is 0. The molecule has 0 spiro atoms. The second-order valence-electron chi connectivity index (χ2n) is 7.62. The molecule has 0 aromatic heterocycles. The number of halogens is 1. The molecule has 0 N–H and O–H groups in total. The second kappa shape index (κ2) is 7.92. The Labute approximate surface area is 154 Å². The third-order valence-electron chi connectivity index (χ3n) is 4.18.